The molecule has 1 heterocycles. The fourth-order valence-corrected chi connectivity index (χ4v) is 1.55. The number of fused-ring (bicyclic) bond motifs is 1. The van der Waals surface area contributed by atoms with E-state index >= 15 is 0 Å². The van der Waals surface area contributed by atoms with Gasteiger partial charge in [-0.25, -0.2) is 0 Å². The van der Waals surface area contributed by atoms with Gasteiger partial charge in [-0.15, -0.1) is 0 Å². The van der Waals surface area contributed by atoms with Gasteiger partial charge in [-0.2, -0.15) is 0 Å². The van der Waals surface area contributed by atoms with E-state index in [0.29, 0.717) is 17.7 Å². The van der Waals surface area contributed by atoms with Crippen molar-refractivity contribution in [3.05, 3.63) is 23.8 Å². The van der Waals surface area contributed by atoms with E-state index in [9.17, 15) is 4.79 Å². The summed E-state index contributed by atoms with van der Waals surface area (Å²) < 4.78 is 10.4. The number of ketones is 1. The van der Waals surface area contributed by atoms with Crippen LogP contribution in [0.1, 0.15) is 36.5 Å². The highest BCUT2D eigenvalue weighted by Crippen LogP contribution is 2.32. The van der Waals surface area contributed by atoms with Crippen LogP contribution in [0.25, 0.3) is 0 Å². The van der Waals surface area contributed by atoms with Crippen LogP contribution >= 0.6 is 0 Å². The number of hydrogen-bond donors (Lipinski definition) is 0. The second kappa shape index (κ2) is 4.34. The number of unbranched alkanes of at least 4 members (excludes halogenated alkanes) is 1. The third kappa shape index (κ3) is 2.12. The zero-order valence-corrected chi connectivity index (χ0v) is 8.79. The normalized spacial score (nSPS) is 12.9. The number of Topliss-reactive ketones (excluding diaryl/α,β-unsaturated/α-hetero) is 1. The van der Waals surface area contributed by atoms with Crippen molar-refractivity contribution in [1.82, 2.24) is 0 Å². The van der Waals surface area contributed by atoms with Crippen LogP contribution in [0.5, 0.6) is 11.5 Å². The second-order valence-electron chi connectivity index (χ2n) is 3.59. The van der Waals surface area contributed by atoms with Crippen molar-refractivity contribution in [1.29, 1.82) is 0 Å². The highest BCUT2D eigenvalue weighted by molar-refractivity contribution is 5.96. The van der Waals surface area contributed by atoms with E-state index in [1.165, 1.54) is 0 Å². The summed E-state index contributed by atoms with van der Waals surface area (Å²) in [5.41, 5.74) is 0.715. The molecule has 0 radical (unpaired) electrons. The van der Waals surface area contributed by atoms with Crippen molar-refractivity contribution in [2.45, 2.75) is 26.2 Å². The zero-order chi connectivity index (χ0) is 10.7. The smallest absolute Gasteiger partial charge is 0.231 e. The van der Waals surface area contributed by atoms with Crippen molar-refractivity contribution in [2.75, 3.05) is 6.79 Å². The Bertz CT molecular complexity index is 371. The standard InChI is InChI=1S/C12H14O3/c1-2-3-4-10(13)9-5-6-11-12(7-9)15-8-14-11/h5-7H,2-4,8H2,1H3. The summed E-state index contributed by atoms with van der Waals surface area (Å²) in [6, 6.07) is 5.35. The minimum absolute atomic E-state index is 0.176. The van der Waals surface area contributed by atoms with Crippen LogP contribution in [0.15, 0.2) is 18.2 Å². The van der Waals surface area contributed by atoms with Crippen LogP contribution in [-0.2, 0) is 0 Å². The van der Waals surface area contributed by atoms with Gasteiger partial charge in [0, 0.05) is 12.0 Å². The summed E-state index contributed by atoms with van der Waals surface area (Å²) in [5.74, 6) is 1.58. The number of carbonyl (C=O) groups is 1. The third-order valence-corrected chi connectivity index (χ3v) is 2.45. The lowest BCUT2D eigenvalue weighted by molar-refractivity contribution is 0.0979. The number of carbonyl (C=O) groups excluding carboxylic acids is 1. The number of hydrogen-bond acceptors (Lipinski definition) is 3. The first-order valence-corrected chi connectivity index (χ1v) is 5.24. The fourth-order valence-electron chi connectivity index (χ4n) is 1.55. The first-order valence-electron chi connectivity index (χ1n) is 5.24. The molecule has 0 spiro atoms. The average molecular weight is 206 g/mol. The quantitative estimate of drug-likeness (QED) is 0.710. The molecule has 0 saturated carbocycles. The fraction of sp³-hybridized carbons (Fsp3) is 0.417. The Balaban J connectivity index is 2.12. The van der Waals surface area contributed by atoms with Crippen LogP contribution in [-0.4, -0.2) is 12.6 Å². The van der Waals surface area contributed by atoms with E-state index in [2.05, 4.69) is 6.92 Å². The Hall–Kier alpha value is -1.51. The lowest BCUT2D eigenvalue weighted by Crippen LogP contribution is -1.98. The molecule has 3 nitrogen and oxygen atoms in total. The first-order chi connectivity index (χ1) is 7.31. The summed E-state index contributed by atoms with van der Waals surface area (Å²) in [5, 5.41) is 0. The molecule has 2 rings (SSSR count). The average Bonchev–Trinajstić information content (AvgIpc) is 2.72. The highest BCUT2D eigenvalue weighted by atomic mass is 16.7. The highest BCUT2D eigenvalue weighted by Gasteiger charge is 2.15. The SMILES string of the molecule is CCCCC(=O)c1ccc2c(c1)OCO2. The van der Waals surface area contributed by atoms with Crippen LogP contribution < -0.4 is 9.47 Å². The molecule has 80 valence electrons. The molecule has 0 N–H and O–H groups in total. The molecule has 0 atom stereocenters. The van der Waals surface area contributed by atoms with Gasteiger partial charge in [0.1, 0.15) is 0 Å². The summed E-state index contributed by atoms with van der Waals surface area (Å²) >= 11 is 0. The van der Waals surface area contributed by atoms with Gasteiger partial charge < -0.3 is 9.47 Å². The van der Waals surface area contributed by atoms with Crippen molar-refractivity contribution < 1.29 is 14.3 Å². The van der Waals surface area contributed by atoms with Crippen LogP contribution in [0.4, 0.5) is 0 Å². The number of ether oxygens (including phenoxy) is 2. The Morgan fingerprint density at radius 1 is 1.33 bits per heavy atom. The van der Waals surface area contributed by atoms with E-state index in [4.69, 9.17) is 9.47 Å². The van der Waals surface area contributed by atoms with Gasteiger partial charge in [0.05, 0.1) is 0 Å². The molecular formula is C12H14O3. The predicted octanol–water partition coefficient (Wildman–Crippen LogP) is 2.79. The van der Waals surface area contributed by atoms with Crippen LogP contribution in [0, 0.1) is 0 Å². The largest absolute Gasteiger partial charge is 0.454 e. The van der Waals surface area contributed by atoms with Gasteiger partial charge in [-0.05, 0) is 24.6 Å². The van der Waals surface area contributed by atoms with Gasteiger partial charge >= 0.3 is 0 Å². The molecule has 1 aromatic rings. The Morgan fingerprint density at radius 3 is 2.93 bits per heavy atom. The van der Waals surface area contributed by atoms with Gasteiger partial charge in [0.25, 0.3) is 0 Å². The topological polar surface area (TPSA) is 35.5 Å². The summed E-state index contributed by atoms with van der Waals surface area (Å²) in [6.07, 6.45) is 2.58. The molecule has 0 unspecified atom stereocenters. The molecule has 3 heteroatoms. The predicted molar refractivity (Wildman–Crippen MR) is 56.4 cm³/mol. The lowest BCUT2D eigenvalue weighted by atomic mass is 10.1. The van der Waals surface area contributed by atoms with Gasteiger partial charge in [0.15, 0.2) is 17.3 Å². The molecular weight excluding hydrogens is 192 g/mol. The van der Waals surface area contributed by atoms with Gasteiger partial charge in [-0.3, -0.25) is 4.79 Å². The molecule has 1 aliphatic heterocycles. The lowest BCUT2D eigenvalue weighted by Gasteiger charge is -2.01. The summed E-state index contributed by atoms with van der Waals surface area (Å²) in [4.78, 5) is 11.7. The maximum absolute atomic E-state index is 11.7. The van der Waals surface area contributed by atoms with E-state index in [-0.39, 0.29) is 12.6 Å². The maximum Gasteiger partial charge on any atom is 0.231 e. The molecule has 0 saturated heterocycles. The van der Waals surface area contributed by atoms with Crippen LogP contribution in [0.3, 0.4) is 0 Å². The Labute approximate surface area is 89.0 Å². The molecule has 1 aromatic carbocycles. The third-order valence-electron chi connectivity index (χ3n) is 2.45. The van der Waals surface area contributed by atoms with E-state index in [1.54, 1.807) is 18.2 Å². The van der Waals surface area contributed by atoms with Gasteiger partial charge in [-0.1, -0.05) is 13.3 Å². The molecule has 0 aliphatic carbocycles. The Kier molecular flexibility index (Phi) is 2.90. The second-order valence-corrected chi connectivity index (χ2v) is 3.59. The monoisotopic (exact) mass is 206 g/mol. The molecule has 1 aliphatic rings. The first kappa shape index (κ1) is 10.0. The molecule has 0 amide bonds. The maximum atomic E-state index is 11.7. The van der Waals surface area contributed by atoms with Crippen LogP contribution in [0.2, 0.25) is 0 Å². The molecule has 0 aromatic heterocycles. The minimum Gasteiger partial charge on any atom is -0.454 e. The zero-order valence-electron chi connectivity index (χ0n) is 8.79. The van der Waals surface area contributed by atoms with Crippen molar-refractivity contribution in [3.8, 4) is 11.5 Å². The molecule has 0 bridgehead atoms. The van der Waals surface area contributed by atoms with Gasteiger partial charge in [0.2, 0.25) is 6.79 Å². The van der Waals surface area contributed by atoms with E-state index in [1.807, 2.05) is 0 Å². The van der Waals surface area contributed by atoms with Crippen molar-refractivity contribution in [2.24, 2.45) is 0 Å². The number of rotatable bonds is 4. The van der Waals surface area contributed by atoms with E-state index in [0.717, 1.165) is 18.6 Å². The molecule has 0 fully saturated rings. The summed E-state index contributed by atoms with van der Waals surface area (Å²) in [6.45, 7) is 2.33. The van der Waals surface area contributed by atoms with Crippen molar-refractivity contribution >= 4 is 5.78 Å². The molecule has 15 heavy (non-hydrogen) atoms. The number of benzene rings is 1. The minimum atomic E-state index is 0.176. The summed E-state index contributed by atoms with van der Waals surface area (Å²) in [7, 11) is 0. The Morgan fingerprint density at radius 2 is 2.13 bits per heavy atom. The van der Waals surface area contributed by atoms with E-state index < -0.39 is 0 Å². The van der Waals surface area contributed by atoms with Crippen molar-refractivity contribution in [3.63, 3.8) is 0 Å².